The first-order chi connectivity index (χ1) is 6.09. The van der Waals surface area contributed by atoms with Gasteiger partial charge in [0.05, 0.1) is 0 Å². The minimum Gasteiger partial charge on any atom is -0.375 e. The Bertz CT molecular complexity index is 260. The molecule has 1 rings (SSSR count). The SMILES string of the molecule is CC(=O)C=C(C)N[C@@H]1CONC1=O. The van der Waals surface area contributed by atoms with Crippen molar-refractivity contribution in [2.45, 2.75) is 19.9 Å². The van der Waals surface area contributed by atoms with Gasteiger partial charge in [-0.3, -0.25) is 14.4 Å². The van der Waals surface area contributed by atoms with E-state index in [1.807, 2.05) is 0 Å². The first-order valence-electron chi connectivity index (χ1n) is 3.96. The van der Waals surface area contributed by atoms with E-state index < -0.39 is 6.04 Å². The maximum Gasteiger partial charge on any atom is 0.268 e. The number of hydrogen-bond donors (Lipinski definition) is 2. The Labute approximate surface area is 76.1 Å². The fourth-order valence-corrected chi connectivity index (χ4v) is 1.07. The Morgan fingerprint density at radius 3 is 2.85 bits per heavy atom. The van der Waals surface area contributed by atoms with E-state index in [1.165, 1.54) is 13.0 Å². The molecule has 1 fully saturated rings. The molecule has 0 spiro atoms. The zero-order valence-corrected chi connectivity index (χ0v) is 7.59. The van der Waals surface area contributed by atoms with Gasteiger partial charge in [-0.15, -0.1) is 0 Å². The lowest BCUT2D eigenvalue weighted by Crippen LogP contribution is -2.36. The van der Waals surface area contributed by atoms with Crippen LogP contribution in [0.3, 0.4) is 0 Å². The fraction of sp³-hybridized carbons (Fsp3) is 0.500. The number of rotatable bonds is 3. The standard InChI is InChI=1S/C8H12N2O3/c1-5(3-6(2)11)9-7-4-13-10-8(7)12/h3,7,9H,4H2,1-2H3,(H,10,12)/t7-/m1/s1. The molecule has 1 aliphatic rings. The van der Waals surface area contributed by atoms with Gasteiger partial charge in [-0.1, -0.05) is 0 Å². The lowest BCUT2D eigenvalue weighted by Gasteiger charge is -2.08. The van der Waals surface area contributed by atoms with Gasteiger partial charge < -0.3 is 5.32 Å². The van der Waals surface area contributed by atoms with Crippen molar-refractivity contribution < 1.29 is 14.4 Å². The molecule has 72 valence electrons. The number of carbonyl (C=O) groups is 2. The highest BCUT2D eigenvalue weighted by Gasteiger charge is 2.24. The van der Waals surface area contributed by atoms with Gasteiger partial charge in [0.25, 0.3) is 5.91 Å². The van der Waals surface area contributed by atoms with E-state index in [-0.39, 0.29) is 18.3 Å². The van der Waals surface area contributed by atoms with Crippen LogP contribution in [0.5, 0.6) is 0 Å². The first-order valence-corrected chi connectivity index (χ1v) is 3.96. The van der Waals surface area contributed by atoms with E-state index in [1.54, 1.807) is 6.92 Å². The van der Waals surface area contributed by atoms with Crippen molar-refractivity contribution in [2.24, 2.45) is 0 Å². The summed E-state index contributed by atoms with van der Waals surface area (Å²) in [5, 5.41) is 2.86. The van der Waals surface area contributed by atoms with Crippen molar-refractivity contribution in [2.75, 3.05) is 6.61 Å². The van der Waals surface area contributed by atoms with Crippen molar-refractivity contribution in [3.63, 3.8) is 0 Å². The number of nitrogens with one attached hydrogen (secondary N) is 2. The molecule has 0 aromatic rings. The lowest BCUT2D eigenvalue weighted by molar-refractivity contribution is -0.125. The third-order valence-corrected chi connectivity index (χ3v) is 1.56. The highest BCUT2D eigenvalue weighted by molar-refractivity contribution is 5.88. The zero-order valence-electron chi connectivity index (χ0n) is 7.59. The van der Waals surface area contributed by atoms with Crippen LogP contribution in [0.25, 0.3) is 0 Å². The number of amides is 1. The summed E-state index contributed by atoms with van der Waals surface area (Å²) >= 11 is 0. The summed E-state index contributed by atoms with van der Waals surface area (Å²) in [4.78, 5) is 26.3. The minimum atomic E-state index is -0.393. The summed E-state index contributed by atoms with van der Waals surface area (Å²) in [6.07, 6.45) is 1.44. The molecule has 0 aliphatic carbocycles. The normalized spacial score (nSPS) is 22.8. The van der Waals surface area contributed by atoms with Crippen molar-refractivity contribution in [1.29, 1.82) is 0 Å². The Morgan fingerprint density at radius 2 is 2.38 bits per heavy atom. The van der Waals surface area contributed by atoms with E-state index in [2.05, 4.69) is 10.8 Å². The van der Waals surface area contributed by atoms with Crippen LogP contribution in [0.4, 0.5) is 0 Å². The summed E-state index contributed by atoms with van der Waals surface area (Å²) in [5.74, 6) is -0.263. The molecule has 0 aromatic heterocycles. The van der Waals surface area contributed by atoms with E-state index >= 15 is 0 Å². The van der Waals surface area contributed by atoms with Gasteiger partial charge in [0.15, 0.2) is 5.78 Å². The smallest absolute Gasteiger partial charge is 0.268 e. The van der Waals surface area contributed by atoms with Crippen molar-refractivity contribution in [3.05, 3.63) is 11.8 Å². The maximum absolute atomic E-state index is 11.0. The zero-order chi connectivity index (χ0) is 9.84. The molecule has 2 N–H and O–H groups in total. The number of hydrogen-bond acceptors (Lipinski definition) is 4. The molecular formula is C8H12N2O3. The van der Waals surface area contributed by atoms with Gasteiger partial charge in [-0.05, 0) is 19.9 Å². The van der Waals surface area contributed by atoms with Crippen molar-refractivity contribution >= 4 is 11.7 Å². The van der Waals surface area contributed by atoms with Crippen LogP contribution in [0.2, 0.25) is 0 Å². The van der Waals surface area contributed by atoms with Gasteiger partial charge >= 0.3 is 0 Å². The molecule has 5 nitrogen and oxygen atoms in total. The lowest BCUT2D eigenvalue weighted by atomic mass is 10.2. The number of allylic oxidation sites excluding steroid dienone is 2. The quantitative estimate of drug-likeness (QED) is 0.580. The average molecular weight is 184 g/mol. The molecule has 1 saturated heterocycles. The second-order valence-corrected chi connectivity index (χ2v) is 2.91. The van der Waals surface area contributed by atoms with Gasteiger partial charge in [-0.25, -0.2) is 5.48 Å². The third-order valence-electron chi connectivity index (χ3n) is 1.56. The minimum absolute atomic E-state index is 0.0516. The summed E-state index contributed by atoms with van der Waals surface area (Å²) in [6.45, 7) is 3.46. The molecule has 0 saturated carbocycles. The van der Waals surface area contributed by atoms with Crippen LogP contribution in [-0.4, -0.2) is 24.3 Å². The predicted molar refractivity (Wildman–Crippen MR) is 45.5 cm³/mol. The summed E-state index contributed by atoms with van der Waals surface area (Å²) in [5.41, 5.74) is 2.88. The van der Waals surface area contributed by atoms with Crippen LogP contribution in [0.15, 0.2) is 11.8 Å². The Hall–Kier alpha value is -1.36. The van der Waals surface area contributed by atoms with Crippen molar-refractivity contribution in [3.8, 4) is 0 Å². The molecule has 0 bridgehead atoms. The molecule has 1 aliphatic heterocycles. The van der Waals surface area contributed by atoms with E-state index in [0.717, 1.165) is 0 Å². The van der Waals surface area contributed by atoms with Crippen LogP contribution >= 0.6 is 0 Å². The summed E-state index contributed by atoms with van der Waals surface area (Å²) in [7, 11) is 0. The number of hydroxylamine groups is 1. The predicted octanol–water partition coefficient (Wildman–Crippen LogP) is -0.501. The second kappa shape index (κ2) is 4.04. The molecule has 0 radical (unpaired) electrons. The summed E-state index contributed by atoms with van der Waals surface area (Å²) < 4.78 is 0. The first kappa shape index (κ1) is 9.73. The van der Waals surface area contributed by atoms with Gasteiger partial charge in [-0.2, -0.15) is 0 Å². The van der Waals surface area contributed by atoms with Crippen molar-refractivity contribution in [1.82, 2.24) is 10.8 Å². The van der Waals surface area contributed by atoms with E-state index in [0.29, 0.717) is 5.70 Å². The third kappa shape index (κ3) is 2.87. The molecule has 1 atom stereocenters. The van der Waals surface area contributed by atoms with Gasteiger partial charge in [0, 0.05) is 5.70 Å². The number of carbonyl (C=O) groups excluding carboxylic acids is 2. The van der Waals surface area contributed by atoms with Crippen LogP contribution in [0, 0.1) is 0 Å². The topological polar surface area (TPSA) is 67.4 Å². The van der Waals surface area contributed by atoms with Crippen LogP contribution in [-0.2, 0) is 14.4 Å². The summed E-state index contributed by atoms with van der Waals surface area (Å²) in [6, 6.07) is -0.393. The molecule has 0 unspecified atom stereocenters. The second-order valence-electron chi connectivity index (χ2n) is 2.91. The molecule has 5 heteroatoms. The fourth-order valence-electron chi connectivity index (χ4n) is 1.07. The Morgan fingerprint density at radius 1 is 1.69 bits per heavy atom. The Balaban J connectivity index is 2.48. The van der Waals surface area contributed by atoms with Crippen LogP contribution < -0.4 is 10.8 Å². The highest BCUT2D eigenvalue weighted by Crippen LogP contribution is 1.98. The van der Waals surface area contributed by atoms with E-state index in [4.69, 9.17) is 4.84 Å². The Kier molecular flexibility index (Phi) is 3.02. The van der Waals surface area contributed by atoms with Gasteiger partial charge in [0.2, 0.25) is 0 Å². The molecule has 0 aromatic carbocycles. The molecular weight excluding hydrogens is 172 g/mol. The average Bonchev–Trinajstić information content (AvgIpc) is 2.34. The molecule has 1 heterocycles. The molecule has 13 heavy (non-hydrogen) atoms. The maximum atomic E-state index is 11.0. The molecule has 1 amide bonds. The largest absolute Gasteiger partial charge is 0.375 e. The number of ketones is 1. The van der Waals surface area contributed by atoms with E-state index in [9.17, 15) is 9.59 Å². The van der Waals surface area contributed by atoms with Crippen LogP contribution in [0.1, 0.15) is 13.8 Å². The highest BCUT2D eigenvalue weighted by atomic mass is 16.7. The monoisotopic (exact) mass is 184 g/mol. The van der Waals surface area contributed by atoms with Gasteiger partial charge in [0.1, 0.15) is 12.6 Å².